The Morgan fingerprint density at radius 2 is 2.36 bits per heavy atom. The van der Waals surface area contributed by atoms with Crippen LogP contribution in [0.4, 0.5) is 0 Å². The van der Waals surface area contributed by atoms with Gasteiger partial charge in [-0.25, -0.2) is 0 Å². The molecule has 3 nitrogen and oxygen atoms in total. The molecule has 0 aromatic carbocycles. The standard InChI is InChI=1S/C8H6N2O/c11-5-6-3-8-7(10-4-6)1-2-9-8/h1-2,4-5H,3H2. The molecule has 0 aromatic heterocycles. The first-order valence-electron chi connectivity index (χ1n) is 3.36. The lowest BCUT2D eigenvalue weighted by atomic mass is 10.1. The van der Waals surface area contributed by atoms with Gasteiger partial charge < -0.3 is 0 Å². The number of rotatable bonds is 1. The summed E-state index contributed by atoms with van der Waals surface area (Å²) in [5.41, 5.74) is 2.47. The number of carbonyl (C=O) groups is 1. The Bertz CT molecular complexity index is 321. The molecule has 0 N–H and O–H groups in total. The van der Waals surface area contributed by atoms with Gasteiger partial charge in [0.25, 0.3) is 0 Å². The minimum atomic E-state index is 0.620. The van der Waals surface area contributed by atoms with Crippen molar-refractivity contribution in [3.63, 3.8) is 0 Å². The summed E-state index contributed by atoms with van der Waals surface area (Å²) >= 11 is 0. The van der Waals surface area contributed by atoms with Gasteiger partial charge >= 0.3 is 0 Å². The third-order valence-corrected chi connectivity index (χ3v) is 1.65. The van der Waals surface area contributed by atoms with Crippen molar-refractivity contribution in [1.29, 1.82) is 0 Å². The molecule has 2 aliphatic rings. The Morgan fingerprint density at radius 1 is 1.45 bits per heavy atom. The van der Waals surface area contributed by atoms with E-state index in [9.17, 15) is 4.79 Å². The Hall–Kier alpha value is -1.51. The highest BCUT2D eigenvalue weighted by Crippen LogP contribution is 2.13. The van der Waals surface area contributed by atoms with Gasteiger partial charge in [0.2, 0.25) is 0 Å². The topological polar surface area (TPSA) is 41.8 Å². The van der Waals surface area contributed by atoms with Crippen LogP contribution < -0.4 is 0 Å². The van der Waals surface area contributed by atoms with Crippen LogP contribution in [0.2, 0.25) is 0 Å². The number of allylic oxidation sites excluding steroid dienone is 2. The second kappa shape index (κ2) is 2.27. The molecule has 0 fully saturated rings. The Morgan fingerprint density at radius 3 is 3.18 bits per heavy atom. The van der Waals surface area contributed by atoms with E-state index >= 15 is 0 Å². The molecule has 3 heteroatoms. The van der Waals surface area contributed by atoms with Crippen molar-refractivity contribution in [2.45, 2.75) is 6.42 Å². The molecule has 2 heterocycles. The summed E-state index contributed by atoms with van der Waals surface area (Å²) in [5.74, 6) is 0. The average Bonchev–Trinajstić information content (AvgIpc) is 2.50. The second-order valence-electron chi connectivity index (χ2n) is 2.40. The molecule has 0 aliphatic carbocycles. The minimum absolute atomic E-state index is 0.620. The van der Waals surface area contributed by atoms with E-state index in [0.29, 0.717) is 12.0 Å². The predicted molar refractivity (Wildman–Crippen MR) is 42.8 cm³/mol. The van der Waals surface area contributed by atoms with Crippen LogP contribution in [-0.2, 0) is 4.79 Å². The zero-order chi connectivity index (χ0) is 7.68. The molecule has 2 rings (SSSR count). The van der Waals surface area contributed by atoms with Gasteiger partial charge in [0, 0.05) is 24.4 Å². The lowest BCUT2D eigenvalue weighted by Gasteiger charge is -2.05. The van der Waals surface area contributed by atoms with Crippen LogP contribution in [0.3, 0.4) is 0 Å². The number of aliphatic imine (C=N–C) groups is 2. The molecule has 0 radical (unpaired) electrons. The maximum Gasteiger partial charge on any atom is 0.147 e. The van der Waals surface area contributed by atoms with E-state index in [1.165, 1.54) is 0 Å². The van der Waals surface area contributed by atoms with Crippen molar-refractivity contribution in [2.24, 2.45) is 9.98 Å². The molecule has 0 saturated heterocycles. The molecule has 11 heavy (non-hydrogen) atoms. The van der Waals surface area contributed by atoms with Crippen LogP contribution in [-0.4, -0.2) is 17.7 Å². The number of hydrogen-bond donors (Lipinski definition) is 0. The Balaban J connectivity index is 2.37. The molecule has 0 saturated carbocycles. The van der Waals surface area contributed by atoms with E-state index < -0.39 is 0 Å². The number of aldehydes is 1. The fourth-order valence-electron chi connectivity index (χ4n) is 1.08. The molecule has 0 spiro atoms. The average molecular weight is 146 g/mol. The monoisotopic (exact) mass is 146 g/mol. The lowest BCUT2D eigenvalue weighted by molar-refractivity contribution is -0.104. The molecule has 0 bridgehead atoms. The van der Waals surface area contributed by atoms with Gasteiger partial charge in [-0.2, -0.15) is 0 Å². The lowest BCUT2D eigenvalue weighted by Crippen LogP contribution is -2.13. The van der Waals surface area contributed by atoms with Gasteiger partial charge in [0.1, 0.15) is 6.29 Å². The highest BCUT2D eigenvalue weighted by atomic mass is 16.1. The normalized spacial score (nSPS) is 20.2. The van der Waals surface area contributed by atoms with Crippen molar-refractivity contribution in [2.75, 3.05) is 0 Å². The number of hydrogen-bond acceptors (Lipinski definition) is 3. The minimum Gasteiger partial charge on any atom is -0.298 e. The molecule has 0 amide bonds. The number of fused-ring (bicyclic) bond motifs is 1. The Labute approximate surface area is 63.9 Å². The van der Waals surface area contributed by atoms with E-state index in [-0.39, 0.29) is 0 Å². The zero-order valence-electron chi connectivity index (χ0n) is 5.82. The van der Waals surface area contributed by atoms with Gasteiger partial charge in [-0.3, -0.25) is 14.8 Å². The van der Waals surface area contributed by atoms with Crippen molar-refractivity contribution in [3.05, 3.63) is 24.0 Å². The van der Waals surface area contributed by atoms with Crippen molar-refractivity contribution < 1.29 is 4.79 Å². The third-order valence-electron chi connectivity index (χ3n) is 1.65. The SMILES string of the molecule is O=CC1=CN=C2C=CN=C2C1. The summed E-state index contributed by atoms with van der Waals surface area (Å²) in [4.78, 5) is 18.4. The first-order chi connectivity index (χ1) is 5.40. The van der Waals surface area contributed by atoms with Crippen molar-refractivity contribution >= 4 is 17.7 Å². The number of nitrogens with zero attached hydrogens (tertiary/aromatic N) is 2. The van der Waals surface area contributed by atoms with Crippen LogP contribution in [0.25, 0.3) is 0 Å². The van der Waals surface area contributed by atoms with Crippen LogP contribution in [0, 0.1) is 0 Å². The van der Waals surface area contributed by atoms with E-state index in [1.54, 1.807) is 12.4 Å². The molecule has 2 aliphatic heterocycles. The van der Waals surface area contributed by atoms with Crippen molar-refractivity contribution in [1.82, 2.24) is 0 Å². The van der Waals surface area contributed by atoms with Crippen LogP contribution >= 0.6 is 0 Å². The summed E-state index contributed by atoms with van der Waals surface area (Å²) in [5, 5.41) is 0. The zero-order valence-corrected chi connectivity index (χ0v) is 5.82. The first-order valence-corrected chi connectivity index (χ1v) is 3.36. The fourth-order valence-corrected chi connectivity index (χ4v) is 1.08. The predicted octanol–water partition coefficient (Wildman–Crippen LogP) is 0.882. The molecule has 0 aromatic rings. The number of carbonyl (C=O) groups excluding carboxylic acids is 1. The van der Waals surface area contributed by atoms with Gasteiger partial charge in [0.15, 0.2) is 0 Å². The molecule has 54 valence electrons. The first kappa shape index (κ1) is 6.22. The highest BCUT2D eigenvalue weighted by molar-refractivity contribution is 6.49. The summed E-state index contributed by atoms with van der Waals surface area (Å²) in [7, 11) is 0. The van der Waals surface area contributed by atoms with E-state index in [4.69, 9.17) is 0 Å². The van der Waals surface area contributed by atoms with E-state index in [0.717, 1.165) is 17.7 Å². The molecule has 0 unspecified atom stereocenters. The largest absolute Gasteiger partial charge is 0.298 e. The maximum absolute atomic E-state index is 10.3. The maximum atomic E-state index is 10.3. The smallest absolute Gasteiger partial charge is 0.147 e. The van der Waals surface area contributed by atoms with Crippen LogP contribution in [0.1, 0.15) is 6.42 Å². The quantitative estimate of drug-likeness (QED) is 0.506. The summed E-state index contributed by atoms with van der Waals surface area (Å²) in [6.45, 7) is 0. The van der Waals surface area contributed by atoms with Gasteiger partial charge in [-0.1, -0.05) is 0 Å². The fraction of sp³-hybridized carbons (Fsp3) is 0.125. The summed E-state index contributed by atoms with van der Waals surface area (Å²) < 4.78 is 0. The van der Waals surface area contributed by atoms with Gasteiger partial charge in [0.05, 0.1) is 11.4 Å². The highest BCUT2D eigenvalue weighted by Gasteiger charge is 2.15. The Kier molecular flexibility index (Phi) is 1.28. The van der Waals surface area contributed by atoms with Gasteiger partial charge in [-0.05, 0) is 6.08 Å². The third kappa shape index (κ3) is 0.941. The van der Waals surface area contributed by atoms with E-state index in [2.05, 4.69) is 9.98 Å². The van der Waals surface area contributed by atoms with Gasteiger partial charge in [-0.15, -0.1) is 0 Å². The van der Waals surface area contributed by atoms with E-state index in [1.807, 2.05) is 6.08 Å². The second-order valence-corrected chi connectivity index (χ2v) is 2.40. The molecular weight excluding hydrogens is 140 g/mol. The molecule has 0 atom stereocenters. The molecular formula is C8H6N2O. The van der Waals surface area contributed by atoms with Crippen LogP contribution in [0.15, 0.2) is 34.0 Å². The summed E-state index contributed by atoms with van der Waals surface area (Å²) in [6.07, 6.45) is 6.58. The summed E-state index contributed by atoms with van der Waals surface area (Å²) in [6, 6.07) is 0. The van der Waals surface area contributed by atoms with Crippen molar-refractivity contribution in [3.8, 4) is 0 Å². The van der Waals surface area contributed by atoms with Crippen LogP contribution in [0.5, 0.6) is 0 Å².